The first-order valence-corrected chi connectivity index (χ1v) is 9.18. The number of ether oxygens (including phenoxy) is 1. The number of aliphatic hydroxyl groups is 1. The van der Waals surface area contributed by atoms with Crippen LogP contribution in [-0.2, 0) is 11.3 Å². The Kier molecular flexibility index (Phi) is 6.60. The van der Waals surface area contributed by atoms with E-state index in [0.29, 0.717) is 12.1 Å². The smallest absolute Gasteiger partial charge is 0.128 e. The van der Waals surface area contributed by atoms with Crippen LogP contribution in [-0.4, -0.2) is 66.4 Å². The second kappa shape index (κ2) is 8.90. The highest BCUT2D eigenvalue weighted by Gasteiger charge is 2.26. The van der Waals surface area contributed by atoms with Crippen LogP contribution in [0.1, 0.15) is 31.2 Å². The number of β-amino-alcohol motifs (C(OH)–C–C–N with tert-alkyl or cyclic N) is 1. The van der Waals surface area contributed by atoms with E-state index >= 15 is 0 Å². The van der Waals surface area contributed by atoms with E-state index in [2.05, 4.69) is 9.80 Å². The van der Waals surface area contributed by atoms with Crippen molar-refractivity contribution >= 4 is 0 Å². The van der Waals surface area contributed by atoms with Crippen molar-refractivity contribution in [3.05, 3.63) is 35.6 Å². The molecular weight excluding hydrogens is 307 g/mol. The number of halogens is 1. The predicted molar refractivity (Wildman–Crippen MR) is 92.3 cm³/mol. The summed E-state index contributed by atoms with van der Waals surface area (Å²) < 4.78 is 19.0. The minimum absolute atomic E-state index is 0.208. The summed E-state index contributed by atoms with van der Waals surface area (Å²) in [5.74, 6) is -0.255. The van der Waals surface area contributed by atoms with Crippen molar-refractivity contribution in [3.63, 3.8) is 0 Å². The van der Waals surface area contributed by atoms with Gasteiger partial charge in [0.15, 0.2) is 0 Å². The van der Waals surface area contributed by atoms with Crippen LogP contribution in [0, 0.1) is 5.82 Å². The normalized spacial score (nSPS) is 22.1. The van der Waals surface area contributed by atoms with Gasteiger partial charge in [0, 0.05) is 44.3 Å². The molecule has 0 aromatic heterocycles. The van der Waals surface area contributed by atoms with Gasteiger partial charge < -0.3 is 9.84 Å². The van der Waals surface area contributed by atoms with Crippen LogP contribution < -0.4 is 0 Å². The van der Waals surface area contributed by atoms with E-state index < -0.39 is 6.10 Å². The molecule has 0 spiro atoms. The average Bonchev–Trinajstić information content (AvgIpc) is 3.12. The summed E-state index contributed by atoms with van der Waals surface area (Å²) in [6, 6.07) is 7.39. The molecule has 0 amide bonds. The zero-order chi connectivity index (χ0) is 16.8. The predicted octanol–water partition coefficient (Wildman–Crippen LogP) is 2.26. The van der Waals surface area contributed by atoms with Crippen LogP contribution in [0.2, 0.25) is 0 Å². The molecule has 24 heavy (non-hydrogen) atoms. The second-order valence-electron chi connectivity index (χ2n) is 7.04. The summed E-state index contributed by atoms with van der Waals surface area (Å²) in [5, 5.41) is 10.2. The summed E-state index contributed by atoms with van der Waals surface area (Å²) in [4.78, 5) is 4.92. The summed E-state index contributed by atoms with van der Waals surface area (Å²) in [6.07, 6.45) is 4.94. The fourth-order valence-electron chi connectivity index (χ4n) is 3.85. The van der Waals surface area contributed by atoms with Crippen molar-refractivity contribution in [1.82, 2.24) is 9.80 Å². The molecule has 0 radical (unpaired) electrons. The van der Waals surface area contributed by atoms with Crippen LogP contribution in [0.4, 0.5) is 4.39 Å². The molecule has 1 aliphatic carbocycles. The van der Waals surface area contributed by atoms with E-state index in [-0.39, 0.29) is 19.0 Å². The monoisotopic (exact) mass is 336 g/mol. The van der Waals surface area contributed by atoms with E-state index in [9.17, 15) is 9.50 Å². The molecule has 3 rings (SSSR count). The summed E-state index contributed by atoms with van der Waals surface area (Å²) in [5.41, 5.74) is 0.537. The first-order chi connectivity index (χ1) is 11.7. The van der Waals surface area contributed by atoms with Gasteiger partial charge in [-0.25, -0.2) is 4.39 Å². The van der Waals surface area contributed by atoms with E-state index in [1.54, 1.807) is 18.2 Å². The maximum absolute atomic E-state index is 13.5. The number of benzene rings is 1. The molecular formula is C19H29FN2O2. The zero-order valence-corrected chi connectivity index (χ0v) is 14.4. The maximum atomic E-state index is 13.5. The number of aliphatic hydroxyl groups excluding tert-OH is 1. The summed E-state index contributed by atoms with van der Waals surface area (Å²) in [6.45, 7) is 5.33. The Labute approximate surface area is 144 Å². The molecule has 1 saturated heterocycles. The average molecular weight is 336 g/mol. The number of nitrogens with zero attached hydrogens (tertiary/aromatic N) is 2. The number of hydrogen-bond acceptors (Lipinski definition) is 4. The van der Waals surface area contributed by atoms with Gasteiger partial charge >= 0.3 is 0 Å². The van der Waals surface area contributed by atoms with Gasteiger partial charge in [-0.1, -0.05) is 31.0 Å². The molecule has 1 heterocycles. The third kappa shape index (κ3) is 4.99. The molecule has 1 aromatic carbocycles. The highest BCUT2D eigenvalue weighted by atomic mass is 19.1. The van der Waals surface area contributed by atoms with Gasteiger partial charge in [-0.15, -0.1) is 0 Å². The highest BCUT2D eigenvalue weighted by Crippen LogP contribution is 2.24. The second-order valence-corrected chi connectivity index (χ2v) is 7.04. The SMILES string of the molecule is OC(COCc1ccccc1F)CN1CCN(C2CCCC2)CC1. The van der Waals surface area contributed by atoms with Gasteiger partial charge in [0.25, 0.3) is 0 Å². The Bertz CT molecular complexity index is 500. The van der Waals surface area contributed by atoms with Crippen molar-refractivity contribution < 1.29 is 14.2 Å². The molecule has 1 N–H and O–H groups in total. The molecule has 2 aliphatic rings. The standard InChI is InChI=1S/C19H29FN2O2/c20-19-8-4-1-5-16(19)14-24-15-18(23)13-21-9-11-22(12-10-21)17-6-2-3-7-17/h1,4-5,8,17-18,23H,2-3,6-7,9-15H2. The van der Waals surface area contributed by atoms with Gasteiger partial charge in [0.05, 0.1) is 19.3 Å². The molecule has 1 unspecified atom stereocenters. The number of rotatable bonds is 7. The Morgan fingerprint density at radius 1 is 1.12 bits per heavy atom. The molecule has 4 nitrogen and oxygen atoms in total. The lowest BCUT2D eigenvalue weighted by Crippen LogP contribution is -2.51. The minimum Gasteiger partial charge on any atom is -0.389 e. The topological polar surface area (TPSA) is 35.9 Å². The Hall–Kier alpha value is -1.01. The molecule has 1 saturated carbocycles. The molecule has 5 heteroatoms. The zero-order valence-electron chi connectivity index (χ0n) is 14.4. The van der Waals surface area contributed by atoms with Gasteiger partial charge in [0.1, 0.15) is 5.82 Å². The van der Waals surface area contributed by atoms with Crippen LogP contribution >= 0.6 is 0 Å². The van der Waals surface area contributed by atoms with Crippen molar-refractivity contribution in [2.45, 2.75) is 44.4 Å². The minimum atomic E-state index is -0.519. The van der Waals surface area contributed by atoms with Gasteiger partial charge in [-0.3, -0.25) is 9.80 Å². The molecule has 0 bridgehead atoms. The van der Waals surface area contributed by atoms with Gasteiger partial charge in [-0.2, -0.15) is 0 Å². The Balaban J connectivity index is 1.32. The first kappa shape index (κ1) is 17.8. The van der Waals surface area contributed by atoms with E-state index in [0.717, 1.165) is 32.2 Å². The Morgan fingerprint density at radius 2 is 1.83 bits per heavy atom. The highest BCUT2D eigenvalue weighted by molar-refractivity contribution is 5.16. The van der Waals surface area contributed by atoms with Gasteiger partial charge in [-0.05, 0) is 18.9 Å². The molecule has 1 aliphatic heterocycles. The summed E-state index contributed by atoms with van der Waals surface area (Å²) >= 11 is 0. The quantitative estimate of drug-likeness (QED) is 0.829. The lowest BCUT2D eigenvalue weighted by Gasteiger charge is -2.38. The van der Waals surface area contributed by atoms with E-state index in [4.69, 9.17) is 4.74 Å². The van der Waals surface area contributed by atoms with Crippen molar-refractivity contribution in [3.8, 4) is 0 Å². The first-order valence-electron chi connectivity index (χ1n) is 9.18. The molecule has 1 atom stereocenters. The molecule has 2 fully saturated rings. The largest absolute Gasteiger partial charge is 0.389 e. The van der Waals surface area contributed by atoms with Gasteiger partial charge in [0.2, 0.25) is 0 Å². The maximum Gasteiger partial charge on any atom is 0.128 e. The molecule has 134 valence electrons. The van der Waals surface area contributed by atoms with Crippen LogP contribution in [0.25, 0.3) is 0 Å². The van der Waals surface area contributed by atoms with Crippen molar-refractivity contribution in [2.24, 2.45) is 0 Å². The van der Waals surface area contributed by atoms with Crippen LogP contribution in [0.3, 0.4) is 0 Å². The fraction of sp³-hybridized carbons (Fsp3) is 0.684. The number of piperazine rings is 1. The fourth-order valence-corrected chi connectivity index (χ4v) is 3.85. The molecule has 1 aromatic rings. The third-order valence-electron chi connectivity index (χ3n) is 5.24. The summed E-state index contributed by atoms with van der Waals surface area (Å²) in [7, 11) is 0. The van der Waals surface area contributed by atoms with E-state index in [1.807, 2.05) is 0 Å². The van der Waals surface area contributed by atoms with E-state index in [1.165, 1.54) is 31.7 Å². The Morgan fingerprint density at radius 3 is 2.54 bits per heavy atom. The van der Waals surface area contributed by atoms with Crippen LogP contribution in [0.15, 0.2) is 24.3 Å². The number of hydrogen-bond donors (Lipinski definition) is 1. The third-order valence-corrected chi connectivity index (χ3v) is 5.24. The van der Waals surface area contributed by atoms with Crippen molar-refractivity contribution in [2.75, 3.05) is 39.3 Å². The van der Waals surface area contributed by atoms with Crippen LogP contribution in [0.5, 0.6) is 0 Å². The van der Waals surface area contributed by atoms with Crippen molar-refractivity contribution in [1.29, 1.82) is 0 Å². The lowest BCUT2D eigenvalue weighted by molar-refractivity contribution is -0.00230. The lowest BCUT2D eigenvalue weighted by atomic mass is 10.1.